The van der Waals surface area contributed by atoms with Crippen LogP contribution in [0.2, 0.25) is 0 Å². The smallest absolute Gasteiger partial charge is 0.226 e. The summed E-state index contributed by atoms with van der Waals surface area (Å²) in [5.41, 5.74) is -0.295. The van der Waals surface area contributed by atoms with Crippen molar-refractivity contribution in [3.63, 3.8) is 0 Å². The van der Waals surface area contributed by atoms with E-state index in [9.17, 15) is 4.79 Å². The molecule has 11 heavy (non-hydrogen) atoms. The van der Waals surface area contributed by atoms with Gasteiger partial charge in [-0.2, -0.15) is 0 Å². The van der Waals surface area contributed by atoms with E-state index in [1.807, 2.05) is 20.8 Å². The van der Waals surface area contributed by atoms with E-state index in [0.717, 1.165) is 6.42 Å². The van der Waals surface area contributed by atoms with Crippen LogP contribution >= 0.6 is 0 Å². The lowest BCUT2D eigenvalue weighted by molar-refractivity contribution is -0.129. The van der Waals surface area contributed by atoms with Gasteiger partial charge in [-0.3, -0.25) is 4.79 Å². The van der Waals surface area contributed by atoms with Gasteiger partial charge in [0.1, 0.15) is 0 Å². The van der Waals surface area contributed by atoms with Crippen molar-refractivity contribution in [2.45, 2.75) is 27.2 Å². The molecule has 0 spiro atoms. The van der Waals surface area contributed by atoms with Crippen LogP contribution in [0, 0.1) is 17.8 Å². The molecule has 0 unspecified atom stereocenters. The van der Waals surface area contributed by atoms with Gasteiger partial charge in [0.25, 0.3) is 0 Å². The molecule has 0 aromatic heterocycles. The minimum absolute atomic E-state index is 0.0259. The van der Waals surface area contributed by atoms with Crippen LogP contribution in [-0.2, 0) is 4.79 Å². The summed E-state index contributed by atoms with van der Waals surface area (Å²) in [5.74, 6) is 2.39. The molecule has 2 heteroatoms. The van der Waals surface area contributed by atoms with Crippen LogP contribution < -0.4 is 5.32 Å². The van der Waals surface area contributed by atoms with Gasteiger partial charge in [0.05, 0.1) is 6.54 Å². The lowest BCUT2D eigenvalue weighted by atomic mass is 9.89. The molecular formula is C9H15NO. The number of carbonyl (C=O) groups is 1. The largest absolute Gasteiger partial charge is 0.345 e. The van der Waals surface area contributed by atoms with E-state index in [-0.39, 0.29) is 11.3 Å². The van der Waals surface area contributed by atoms with Crippen molar-refractivity contribution in [3.05, 3.63) is 0 Å². The summed E-state index contributed by atoms with van der Waals surface area (Å²) in [6, 6.07) is 0. The summed E-state index contributed by atoms with van der Waals surface area (Å²) in [6.45, 7) is 6.11. The molecule has 0 radical (unpaired) electrons. The van der Waals surface area contributed by atoms with Gasteiger partial charge >= 0.3 is 0 Å². The van der Waals surface area contributed by atoms with Gasteiger partial charge in [0.2, 0.25) is 5.91 Å². The Bertz CT molecular complexity index is 176. The van der Waals surface area contributed by atoms with Crippen molar-refractivity contribution < 1.29 is 4.79 Å². The van der Waals surface area contributed by atoms with E-state index < -0.39 is 0 Å². The van der Waals surface area contributed by atoms with Crippen LogP contribution in [-0.4, -0.2) is 12.5 Å². The number of terminal acetylenes is 1. The van der Waals surface area contributed by atoms with Crippen molar-refractivity contribution >= 4 is 5.91 Å². The number of nitrogens with one attached hydrogen (secondary N) is 1. The van der Waals surface area contributed by atoms with Crippen molar-refractivity contribution in [1.29, 1.82) is 0 Å². The second-order valence-electron chi connectivity index (χ2n) is 3.12. The maximum absolute atomic E-state index is 11.2. The summed E-state index contributed by atoms with van der Waals surface area (Å²) < 4.78 is 0. The molecule has 0 atom stereocenters. The highest BCUT2D eigenvalue weighted by molar-refractivity contribution is 5.81. The third-order valence-electron chi connectivity index (χ3n) is 1.85. The van der Waals surface area contributed by atoms with E-state index in [1.54, 1.807) is 0 Å². The second-order valence-corrected chi connectivity index (χ2v) is 3.12. The third-order valence-corrected chi connectivity index (χ3v) is 1.85. The molecule has 0 aromatic rings. The first kappa shape index (κ1) is 10.0. The average molecular weight is 153 g/mol. The molecular weight excluding hydrogens is 138 g/mol. The molecule has 62 valence electrons. The van der Waals surface area contributed by atoms with E-state index in [1.165, 1.54) is 0 Å². The first-order chi connectivity index (χ1) is 5.04. The van der Waals surface area contributed by atoms with Crippen LogP contribution in [0.3, 0.4) is 0 Å². The number of hydrogen-bond acceptors (Lipinski definition) is 1. The Hall–Kier alpha value is -0.970. The highest BCUT2D eigenvalue weighted by Gasteiger charge is 2.24. The summed E-state index contributed by atoms with van der Waals surface area (Å²) >= 11 is 0. The molecule has 0 rings (SSSR count). The highest BCUT2D eigenvalue weighted by Crippen LogP contribution is 2.18. The summed E-state index contributed by atoms with van der Waals surface area (Å²) in [7, 11) is 0. The fourth-order valence-corrected chi connectivity index (χ4v) is 0.531. The zero-order valence-electron chi connectivity index (χ0n) is 7.40. The summed E-state index contributed by atoms with van der Waals surface area (Å²) in [5, 5.41) is 2.65. The Morgan fingerprint density at radius 1 is 1.64 bits per heavy atom. The predicted octanol–water partition coefficient (Wildman–Crippen LogP) is 1.17. The van der Waals surface area contributed by atoms with Crippen LogP contribution in [0.1, 0.15) is 27.2 Å². The molecule has 0 saturated carbocycles. The van der Waals surface area contributed by atoms with E-state index >= 15 is 0 Å². The Balaban J connectivity index is 3.94. The lowest BCUT2D eigenvalue weighted by Gasteiger charge is -2.20. The molecule has 1 N–H and O–H groups in total. The van der Waals surface area contributed by atoms with Crippen LogP contribution in [0.4, 0.5) is 0 Å². The van der Waals surface area contributed by atoms with E-state index in [0.29, 0.717) is 6.54 Å². The molecule has 0 heterocycles. The van der Waals surface area contributed by atoms with Crippen molar-refractivity contribution in [1.82, 2.24) is 5.32 Å². The van der Waals surface area contributed by atoms with Gasteiger partial charge in [0, 0.05) is 5.41 Å². The van der Waals surface area contributed by atoms with Gasteiger partial charge in [-0.25, -0.2) is 0 Å². The Kier molecular flexibility index (Phi) is 3.67. The quantitative estimate of drug-likeness (QED) is 0.606. The van der Waals surface area contributed by atoms with E-state index in [2.05, 4.69) is 11.2 Å². The lowest BCUT2D eigenvalue weighted by Crippen LogP contribution is -2.36. The second kappa shape index (κ2) is 4.02. The van der Waals surface area contributed by atoms with Crippen LogP contribution in [0.25, 0.3) is 0 Å². The molecule has 0 aromatic carbocycles. The maximum Gasteiger partial charge on any atom is 0.226 e. The molecule has 0 bridgehead atoms. The SMILES string of the molecule is C#CCNC(=O)C(C)(C)CC. The molecule has 1 amide bonds. The minimum Gasteiger partial charge on any atom is -0.345 e. The zero-order valence-corrected chi connectivity index (χ0v) is 7.40. The summed E-state index contributed by atoms with van der Waals surface area (Å²) in [6.07, 6.45) is 5.82. The van der Waals surface area contributed by atoms with Crippen molar-refractivity contribution in [2.75, 3.05) is 6.54 Å². The van der Waals surface area contributed by atoms with Crippen molar-refractivity contribution in [3.8, 4) is 12.3 Å². The molecule has 0 aliphatic heterocycles. The van der Waals surface area contributed by atoms with Gasteiger partial charge in [0.15, 0.2) is 0 Å². The Morgan fingerprint density at radius 2 is 2.18 bits per heavy atom. The molecule has 0 aliphatic carbocycles. The van der Waals surface area contributed by atoms with Crippen LogP contribution in [0.5, 0.6) is 0 Å². The first-order valence-electron chi connectivity index (χ1n) is 3.76. The van der Waals surface area contributed by atoms with Gasteiger partial charge in [-0.1, -0.05) is 26.7 Å². The van der Waals surface area contributed by atoms with Crippen molar-refractivity contribution in [2.24, 2.45) is 5.41 Å². The topological polar surface area (TPSA) is 29.1 Å². The zero-order chi connectivity index (χ0) is 8.91. The van der Waals surface area contributed by atoms with E-state index in [4.69, 9.17) is 6.42 Å². The fourth-order valence-electron chi connectivity index (χ4n) is 0.531. The van der Waals surface area contributed by atoms with Gasteiger partial charge in [-0.15, -0.1) is 6.42 Å². The van der Waals surface area contributed by atoms with Crippen LogP contribution in [0.15, 0.2) is 0 Å². The number of rotatable bonds is 3. The highest BCUT2D eigenvalue weighted by atomic mass is 16.2. The monoisotopic (exact) mass is 153 g/mol. The normalized spacial score (nSPS) is 10.4. The molecule has 0 fully saturated rings. The molecule has 2 nitrogen and oxygen atoms in total. The molecule has 0 saturated heterocycles. The number of amides is 1. The average Bonchev–Trinajstić information content (AvgIpc) is 2.00. The molecule has 0 aliphatic rings. The number of carbonyl (C=O) groups excluding carboxylic acids is 1. The minimum atomic E-state index is -0.295. The standard InChI is InChI=1S/C9H15NO/c1-5-7-10-8(11)9(3,4)6-2/h1H,6-7H2,2-4H3,(H,10,11). The Morgan fingerprint density at radius 3 is 2.55 bits per heavy atom. The van der Waals surface area contributed by atoms with Gasteiger partial charge < -0.3 is 5.32 Å². The predicted molar refractivity (Wildman–Crippen MR) is 45.9 cm³/mol. The first-order valence-corrected chi connectivity index (χ1v) is 3.76. The summed E-state index contributed by atoms with van der Waals surface area (Å²) in [4.78, 5) is 11.2. The maximum atomic E-state index is 11.2. The Labute approximate surface area is 68.4 Å². The van der Waals surface area contributed by atoms with Gasteiger partial charge in [-0.05, 0) is 6.42 Å². The fraction of sp³-hybridized carbons (Fsp3) is 0.667. The number of hydrogen-bond donors (Lipinski definition) is 1. The third kappa shape index (κ3) is 3.08.